The van der Waals surface area contributed by atoms with Gasteiger partial charge in [0.05, 0.1) is 0 Å². The highest BCUT2D eigenvalue weighted by Gasteiger charge is 2.39. The number of carboxylic acid groups (broad SMARTS) is 1. The molecule has 1 fully saturated rings. The molecule has 19 heteroatoms. The van der Waals surface area contributed by atoms with Gasteiger partial charge in [-0.3, -0.25) is 24.1 Å². The number of amides is 6. The lowest BCUT2D eigenvalue weighted by molar-refractivity contribution is -0.155. The van der Waals surface area contributed by atoms with Crippen LogP contribution in [0.15, 0.2) is 48.5 Å². The highest BCUT2D eigenvalue weighted by molar-refractivity contribution is 5.95. The van der Waals surface area contributed by atoms with Crippen LogP contribution in [0.1, 0.15) is 144 Å². The summed E-state index contributed by atoms with van der Waals surface area (Å²) in [7, 11) is 0. The molecule has 0 spiro atoms. The number of carbonyl (C=O) groups is 8. The van der Waals surface area contributed by atoms with Crippen molar-refractivity contribution in [3.05, 3.63) is 59.7 Å². The number of alkyl carbamates (subject to hydrolysis) is 2. The third-order valence-electron chi connectivity index (χ3n) is 11.2. The number of likely N-dealkylation sites (tertiary alicyclic amines) is 1. The van der Waals surface area contributed by atoms with E-state index < -0.39 is 88.9 Å². The summed E-state index contributed by atoms with van der Waals surface area (Å²) in [6.07, 6.45) is -0.431. The van der Waals surface area contributed by atoms with E-state index in [9.17, 15) is 43.5 Å². The van der Waals surface area contributed by atoms with E-state index in [0.717, 1.165) is 22.3 Å². The molecule has 0 aromatic heterocycles. The van der Waals surface area contributed by atoms with Crippen molar-refractivity contribution in [3.8, 4) is 11.1 Å². The van der Waals surface area contributed by atoms with Crippen LogP contribution >= 0.6 is 0 Å². The van der Waals surface area contributed by atoms with Crippen LogP contribution in [-0.4, -0.2) is 125 Å². The van der Waals surface area contributed by atoms with E-state index in [4.69, 9.17) is 18.9 Å². The molecular formula is C51H74N6O13. The molecule has 0 saturated carbocycles. The minimum atomic E-state index is -1.45. The molecule has 0 bridgehead atoms. The summed E-state index contributed by atoms with van der Waals surface area (Å²) < 4.78 is 21.9. The van der Waals surface area contributed by atoms with Crippen molar-refractivity contribution in [2.75, 3.05) is 26.2 Å². The molecule has 386 valence electrons. The third kappa shape index (κ3) is 18.5. The van der Waals surface area contributed by atoms with Crippen LogP contribution in [0.2, 0.25) is 0 Å². The Bertz CT molecular complexity index is 2120. The van der Waals surface area contributed by atoms with Gasteiger partial charge in [-0.05, 0) is 142 Å². The monoisotopic (exact) mass is 979 g/mol. The maximum atomic E-state index is 14.3. The molecule has 1 aliphatic carbocycles. The Hall–Kier alpha value is -6.40. The maximum Gasteiger partial charge on any atom is 0.410 e. The molecule has 1 aliphatic heterocycles. The van der Waals surface area contributed by atoms with E-state index in [-0.39, 0.29) is 64.3 Å². The van der Waals surface area contributed by atoms with E-state index in [2.05, 4.69) is 26.6 Å². The minimum absolute atomic E-state index is 0.0264. The van der Waals surface area contributed by atoms with Crippen molar-refractivity contribution < 1.29 is 62.4 Å². The standard InChI is InChI=1S/C51H74N6O13/c1-49(2,3)68-41(58)27-26-38(43(60)56-39(45(62)63)24-15-17-29-53-47(65)70-51(7,8)9)54-42(59)37(23-14-16-28-52-46(64)69-50(4,5)6)55-44(61)40-25-18-30-57(40)48(66)67-31-36-34-21-12-10-19-32(34)33-20-11-13-22-35(33)36/h10-13,19-22,36-40H,14-18,23-31H2,1-9H3,(H,52,64)(H,53,65)(H,54,59)(H,55,61)(H,56,60)(H,62,63)/t37-,38-,39-,40-/m0/s1. The maximum absolute atomic E-state index is 14.3. The molecular weight excluding hydrogens is 905 g/mol. The molecule has 1 saturated heterocycles. The second-order valence-corrected chi connectivity index (χ2v) is 20.7. The summed E-state index contributed by atoms with van der Waals surface area (Å²) in [5.74, 6) is -4.52. The van der Waals surface area contributed by atoms with Gasteiger partial charge < -0.3 is 50.6 Å². The van der Waals surface area contributed by atoms with Gasteiger partial charge in [-0.25, -0.2) is 19.2 Å². The van der Waals surface area contributed by atoms with Crippen molar-refractivity contribution in [2.45, 2.75) is 173 Å². The second-order valence-electron chi connectivity index (χ2n) is 20.7. The van der Waals surface area contributed by atoms with Gasteiger partial charge in [0.2, 0.25) is 17.7 Å². The van der Waals surface area contributed by atoms with Crippen molar-refractivity contribution >= 4 is 47.9 Å². The lowest BCUT2D eigenvalue weighted by atomic mass is 9.98. The van der Waals surface area contributed by atoms with Crippen LogP contribution in [0.25, 0.3) is 11.1 Å². The molecule has 4 atom stereocenters. The van der Waals surface area contributed by atoms with Gasteiger partial charge in [-0.15, -0.1) is 0 Å². The Labute approximate surface area is 411 Å². The van der Waals surface area contributed by atoms with E-state index in [1.807, 2.05) is 48.5 Å². The first-order valence-corrected chi connectivity index (χ1v) is 24.2. The Morgan fingerprint density at radius 2 is 1.10 bits per heavy atom. The summed E-state index contributed by atoms with van der Waals surface area (Å²) in [6.45, 7) is 16.0. The molecule has 1 heterocycles. The number of esters is 1. The number of carboxylic acids is 1. The largest absolute Gasteiger partial charge is 0.480 e. The SMILES string of the molecule is CC(C)(C)OC(=O)CC[C@H](NC(=O)[C@H](CCCCNC(=O)OC(C)(C)C)NC(=O)[C@@H]1CCCN1C(=O)OCC1c2ccccc2-c2ccccc21)C(=O)N[C@@H](CCCCNC(=O)OC(C)(C)C)C(=O)O. The smallest absolute Gasteiger partial charge is 0.410 e. The number of rotatable bonds is 22. The summed E-state index contributed by atoms with van der Waals surface area (Å²) >= 11 is 0. The first kappa shape index (κ1) is 56.2. The quantitative estimate of drug-likeness (QED) is 0.0422. The number of hydrogen-bond acceptors (Lipinski definition) is 12. The number of carbonyl (C=O) groups excluding carboxylic acids is 7. The van der Waals surface area contributed by atoms with Crippen LogP contribution in [0.4, 0.5) is 14.4 Å². The molecule has 70 heavy (non-hydrogen) atoms. The van der Waals surface area contributed by atoms with Gasteiger partial charge in [0.25, 0.3) is 0 Å². The average Bonchev–Trinajstić information content (AvgIpc) is 3.87. The predicted octanol–water partition coefficient (Wildman–Crippen LogP) is 6.45. The number of ether oxygens (including phenoxy) is 4. The number of nitrogens with zero attached hydrogens (tertiary/aromatic N) is 1. The van der Waals surface area contributed by atoms with Crippen LogP contribution in [-0.2, 0) is 42.9 Å². The zero-order chi connectivity index (χ0) is 51.8. The molecule has 4 rings (SSSR count). The average molecular weight is 979 g/mol. The number of fused-ring (bicyclic) bond motifs is 3. The van der Waals surface area contributed by atoms with Crippen molar-refractivity contribution in [1.82, 2.24) is 31.5 Å². The first-order chi connectivity index (χ1) is 32.8. The Kier molecular flexibility index (Phi) is 20.4. The second kappa shape index (κ2) is 25.5. The molecule has 6 N–H and O–H groups in total. The predicted molar refractivity (Wildman–Crippen MR) is 259 cm³/mol. The normalized spacial score (nSPS) is 15.8. The lowest BCUT2D eigenvalue weighted by Crippen LogP contribution is -2.57. The number of benzene rings is 2. The van der Waals surface area contributed by atoms with Gasteiger partial charge >= 0.3 is 30.2 Å². The summed E-state index contributed by atoms with van der Waals surface area (Å²) in [6, 6.07) is 10.8. The highest BCUT2D eigenvalue weighted by Crippen LogP contribution is 2.44. The Balaban J connectivity index is 1.48. The van der Waals surface area contributed by atoms with Crippen LogP contribution < -0.4 is 26.6 Å². The van der Waals surface area contributed by atoms with E-state index in [1.54, 1.807) is 62.3 Å². The third-order valence-corrected chi connectivity index (χ3v) is 11.2. The molecule has 0 radical (unpaired) electrons. The summed E-state index contributed by atoms with van der Waals surface area (Å²) in [5, 5.41) is 23.3. The zero-order valence-corrected chi connectivity index (χ0v) is 42.2. The summed E-state index contributed by atoms with van der Waals surface area (Å²) in [4.78, 5) is 107. The molecule has 2 aromatic rings. The van der Waals surface area contributed by atoms with E-state index in [0.29, 0.717) is 32.1 Å². The molecule has 19 nitrogen and oxygen atoms in total. The van der Waals surface area contributed by atoms with Crippen molar-refractivity contribution in [1.29, 1.82) is 0 Å². The molecule has 0 unspecified atom stereocenters. The summed E-state index contributed by atoms with van der Waals surface area (Å²) in [5.41, 5.74) is 1.92. The van der Waals surface area contributed by atoms with Gasteiger partial charge in [0, 0.05) is 32.0 Å². The van der Waals surface area contributed by atoms with Gasteiger partial charge in [0.1, 0.15) is 47.6 Å². The molecule has 2 aliphatic rings. The van der Waals surface area contributed by atoms with Crippen molar-refractivity contribution in [3.63, 3.8) is 0 Å². The minimum Gasteiger partial charge on any atom is -0.480 e. The van der Waals surface area contributed by atoms with Gasteiger partial charge in [0.15, 0.2) is 0 Å². The fraction of sp³-hybridized carbons (Fsp3) is 0.608. The van der Waals surface area contributed by atoms with Gasteiger partial charge in [-0.1, -0.05) is 48.5 Å². The Morgan fingerprint density at radius 3 is 1.60 bits per heavy atom. The molecule has 6 amide bonds. The van der Waals surface area contributed by atoms with Crippen molar-refractivity contribution in [2.24, 2.45) is 0 Å². The highest BCUT2D eigenvalue weighted by atomic mass is 16.6. The van der Waals surface area contributed by atoms with Crippen LogP contribution in [0.3, 0.4) is 0 Å². The number of nitrogens with one attached hydrogen (secondary N) is 5. The first-order valence-electron chi connectivity index (χ1n) is 24.2. The van der Waals surface area contributed by atoms with Crippen LogP contribution in [0.5, 0.6) is 0 Å². The van der Waals surface area contributed by atoms with E-state index in [1.165, 1.54) is 4.90 Å². The fourth-order valence-electron chi connectivity index (χ4n) is 8.15. The Morgan fingerprint density at radius 1 is 0.629 bits per heavy atom. The fourth-order valence-corrected chi connectivity index (χ4v) is 8.15. The number of aliphatic carboxylic acids is 1. The molecule has 2 aromatic carbocycles. The number of unbranched alkanes of at least 4 members (excludes halogenated alkanes) is 2. The topological polar surface area (TPSA) is 257 Å². The van der Waals surface area contributed by atoms with Gasteiger partial charge in [-0.2, -0.15) is 0 Å². The van der Waals surface area contributed by atoms with E-state index >= 15 is 0 Å². The zero-order valence-electron chi connectivity index (χ0n) is 42.2. The van der Waals surface area contributed by atoms with Crippen LogP contribution in [0, 0.1) is 0 Å². The number of hydrogen-bond donors (Lipinski definition) is 6. The lowest BCUT2D eigenvalue weighted by Gasteiger charge is -2.28.